The van der Waals surface area contributed by atoms with Crippen LogP contribution in [0.5, 0.6) is 0 Å². The highest BCUT2D eigenvalue weighted by Crippen LogP contribution is 2.07. The summed E-state index contributed by atoms with van der Waals surface area (Å²) in [5.74, 6) is 0. The second-order valence-electron chi connectivity index (χ2n) is 4.57. The Balaban J connectivity index is 1.73. The average Bonchev–Trinajstić information content (AvgIpc) is 2.52. The van der Waals surface area contributed by atoms with Crippen LogP contribution in [0.2, 0.25) is 0 Å². The van der Waals surface area contributed by atoms with E-state index in [0.29, 0.717) is 13.1 Å². The molecule has 2 aromatic rings. The standard InChI is InChI=1S/C16H19N3O/c17-15(14-9-5-2-6-10-14)12-19-16(20)18-11-13-7-3-1-4-8-13/h1-10,15H,11-12,17H2,(H2,18,19,20). The van der Waals surface area contributed by atoms with Gasteiger partial charge in [-0.25, -0.2) is 4.79 Å². The van der Waals surface area contributed by atoms with E-state index in [4.69, 9.17) is 5.73 Å². The van der Waals surface area contributed by atoms with Gasteiger partial charge in [-0.3, -0.25) is 0 Å². The number of urea groups is 1. The third-order valence-electron chi connectivity index (χ3n) is 3.01. The maximum absolute atomic E-state index is 11.7. The Morgan fingerprint density at radius 2 is 1.55 bits per heavy atom. The van der Waals surface area contributed by atoms with E-state index in [0.717, 1.165) is 11.1 Å². The fourth-order valence-corrected chi connectivity index (χ4v) is 1.86. The number of rotatable bonds is 5. The lowest BCUT2D eigenvalue weighted by molar-refractivity contribution is 0.240. The lowest BCUT2D eigenvalue weighted by atomic mass is 10.1. The Hall–Kier alpha value is -2.33. The van der Waals surface area contributed by atoms with Crippen molar-refractivity contribution < 1.29 is 4.79 Å². The molecule has 1 unspecified atom stereocenters. The van der Waals surface area contributed by atoms with Gasteiger partial charge in [-0.1, -0.05) is 60.7 Å². The molecule has 0 bridgehead atoms. The third-order valence-corrected chi connectivity index (χ3v) is 3.01. The first kappa shape index (κ1) is 14.1. The highest BCUT2D eigenvalue weighted by molar-refractivity contribution is 5.73. The molecule has 0 aliphatic heterocycles. The number of carbonyl (C=O) groups is 1. The summed E-state index contributed by atoms with van der Waals surface area (Å²) in [6.07, 6.45) is 0. The van der Waals surface area contributed by atoms with Gasteiger partial charge in [0.05, 0.1) is 0 Å². The van der Waals surface area contributed by atoms with Crippen molar-refractivity contribution >= 4 is 6.03 Å². The van der Waals surface area contributed by atoms with E-state index in [2.05, 4.69) is 10.6 Å². The quantitative estimate of drug-likeness (QED) is 0.779. The number of hydrogen-bond donors (Lipinski definition) is 3. The van der Waals surface area contributed by atoms with Crippen molar-refractivity contribution in [3.8, 4) is 0 Å². The lowest BCUT2D eigenvalue weighted by Crippen LogP contribution is -2.39. The molecule has 104 valence electrons. The van der Waals surface area contributed by atoms with Crippen molar-refractivity contribution in [3.63, 3.8) is 0 Å². The highest BCUT2D eigenvalue weighted by Gasteiger charge is 2.07. The molecule has 0 heterocycles. The minimum Gasteiger partial charge on any atom is -0.336 e. The van der Waals surface area contributed by atoms with Gasteiger partial charge in [0.2, 0.25) is 0 Å². The second kappa shape index (κ2) is 7.31. The number of amides is 2. The van der Waals surface area contributed by atoms with Crippen LogP contribution in [0.3, 0.4) is 0 Å². The van der Waals surface area contributed by atoms with E-state index >= 15 is 0 Å². The van der Waals surface area contributed by atoms with Crippen molar-refractivity contribution in [2.75, 3.05) is 6.54 Å². The van der Waals surface area contributed by atoms with Crippen LogP contribution in [0.25, 0.3) is 0 Å². The molecule has 0 radical (unpaired) electrons. The summed E-state index contributed by atoms with van der Waals surface area (Å²) in [4.78, 5) is 11.7. The van der Waals surface area contributed by atoms with E-state index in [1.807, 2.05) is 60.7 Å². The van der Waals surface area contributed by atoms with E-state index in [9.17, 15) is 4.79 Å². The third kappa shape index (κ3) is 4.40. The Bertz CT molecular complexity index is 528. The molecule has 0 aliphatic rings. The van der Waals surface area contributed by atoms with Gasteiger partial charge in [-0.15, -0.1) is 0 Å². The summed E-state index contributed by atoms with van der Waals surface area (Å²) in [5, 5.41) is 5.58. The van der Waals surface area contributed by atoms with Crippen molar-refractivity contribution in [2.24, 2.45) is 5.73 Å². The lowest BCUT2D eigenvalue weighted by Gasteiger charge is -2.13. The second-order valence-corrected chi connectivity index (χ2v) is 4.57. The molecule has 4 nitrogen and oxygen atoms in total. The largest absolute Gasteiger partial charge is 0.336 e. The molecular formula is C16H19N3O. The van der Waals surface area contributed by atoms with Crippen LogP contribution in [-0.2, 0) is 6.54 Å². The zero-order chi connectivity index (χ0) is 14.2. The Kier molecular flexibility index (Phi) is 5.15. The Labute approximate surface area is 119 Å². The van der Waals surface area contributed by atoms with Gasteiger partial charge < -0.3 is 16.4 Å². The molecular weight excluding hydrogens is 250 g/mol. The first-order valence-electron chi connectivity index (χ1n) is 6.62. The minimum atomic E-state index is -0.208. The van der Waals surface area contributed by atoms with Crippen LogP contribution >= 0.6 is 0 Å². The maximum Gasteiger partial charge on any atom is 0.315 e. The zero-order valence-electron chi connectivity index (χ0n) is 11.3. The van der Waals surface area contributed by atoms with Crippen LogP contribution in [0.15, 0.2) is 60.7 Å². The van der Waals surface area contributed by atoms with Gasteiger partial charge in [-0.2, -0.15) is 0 Å². The van der Waals surface area contributed by atoms with E-state index in [1.54, 1.807) is 0 Å². The number of hydrogen-bond acceptors (Lipinski definition) is 2. The molecule has 2 amide bonds. The zero-order valence-corrected chi connectivity index (χ0v) is 11.3. The van der Waals surface area contributed by atoms with E-state index in [-0.39, 0.29) is 12.1 Å². The van der Waals surface area contributed by atoms with E-state index in [1.165, 1.54) is 0 Å². The SMILES string of the molecule is NC(CNC(=O)NCc1ccccc1)c1ccccc1. The van der Waals surface area contributed by atoms with Crippen LogP contribution < -0.4 is 16.4 Å². The number of benzene rings is 2. The first-order chi connectivity index (χ1) is 9.75. The highest BCUT2D eigenvalue weighted by atomic mass is 16.2. The molecule has 0 aliphatic carbocycles. The smallest absolute Gasteiger partial charge is 0.315 e. The van der Waals surface area contributed by atoms with Gasteiger partial charge in [0.25, 0.3) is 0 Å². The van der Waals surface area contributed by atoms with Crippen LogP contribution in [0.4, 0.5) is 4.79 Å². The number of carbonyl (C=O) groups excluding carboxylic acids is 1. The van der Waals surface area contributed by atoms with Crippen molar-refractivity contribution in [2.45, 2.75) is 12.6 Å². The molecule has 2 rings (SSSR count). The van der Waals surface area contributed by atoms with Gasteiger partial charge in [0, 0.05) is 19.1 Å². The normalized spacial score (nSPS) is 11.7. The molecule has 0 saturated carbocycles. The Morgan fingerprint density at radius 3 is 2.20 bits per heavy atom. The number of nitrogens with one attached hydrogen (secondary N) is 2. The van der Waals surface area contributed by atoms with Gasteiger partial charge in [0.15, 0.2) is 0 Å². The fraction of sp³-hybridized carbons (Fsp3) is 0.188. The molecule has 0 fully saturated rings. The van der Waals surface area contributed by atoms with Crippen LogP contribution in [0.1, 0.15) is 17.2 Å². The van der Waals surface area contributed by atoms with Gasteiger partial charge >= 0.3 is 6.03 Å². The summed E-state index contributed by atoms with van der Waals surface area (Å²) in [6.45, 7) is 0.915. The van der Waals surface area contributed by atoms with Gasteiger partial charge in [-0.05, 0) is 11.1 Å². The van der Waals surface area contributed by atoms with Crippen molar-refractivity contribution in [1.29, 1.82) is 0 Å². The summed E-state index contributed by atoms with van der Waals surface area (Å²) in [6, 6.07) is 19.1. The molecule has 20 heavy (non-hydrogen) atoms. The predicted octanol–water partition coefficient (Wildman–Crippen LogP) is 2.19. The minimum absolute atomic E-state index is 0.196. The average molecular weight is 269 g/mol. The summed E-state index contributed by atoms with van der Waals surface area (Å²) < 4.78 is 0. The van der Waals surface area contributed by atoms with Crippen molar-refractivity contribution in [1.82, 2.24) is 10.6 Å². The molecule has 4 N–H and O–H groups in total. The fourth-order valence-electron chi connectivity index (χ4n) is 1.86. The molecule has 0 aromatic heterocycles. The van der Waals surface area contributed by atoms with Crippen LogP contribution in [-0.4, -0.2) is 12.6 Å². The monoisotopic (exact) mass is 269 g/mol. The number of nitrogens with two attached hydrogens (primary N) is 1. The Morgan fingerprint density at radius 1 is 0.950 bits per heavy atom. The summed E-state index contributed by atoms with van der Waals surface area (Å²) >= 11 is 0. The van der Waals surface area contributed by atoms with Gasteiger partial charge in [0.1, 0.15) is 0 Å². The molecule has 1 atom stereocenters. The summed E-state index contributed by atoms with van der Waals surface area (Å²) in [5.41, 5.74) is 8.08. The predicted molar refractivity (Wildman–Crippen MR) is 80.1 cm³/mol. The first-order valence-corrected chi connectivity index (χ1v) is 6.62. The van der Waals surface area contributed by atoms with Crippen LogP contribution in [0, 0.1) is 0 Å². The maximum atomic E-state index is 11.7. The topological polar surface area (TPSA) is 67.1 Å². The summed E-state index contributed by atoms with van der Waals surface area (Å²) in [7, 11) is 0. The molecule has 0 saturated heterocycles. The molecule has 0 spiro atoms. The van der Waals surface area contributed by atoms with E-state index < -0.39 is 0 Å². The molecule has 4 heteroatoms. The molecule has 2 aromatic carbocycles. The van der Waals surface area contributed by atoms with Crippen molar-refractivity contribution in [3.05, 3.63) is 71.8 Å².